The van der Waals surface area contributed by atoms with E-state index < -0.39 is 39.1 Å². The molecule has 0 N–H and O–H groups in total. The van der Waals surface area contributed by atoms with Gasteiger partial charge in [-0.3, -0.25) is 14.4 Å². The van der Waals surface area contributed by atoms with Gasteiger partial charge in [0.2, 0.25) is 5.91 Å². The van der Waals surface area contributed by atoms with Crippen LogP contribution in [-0.2, 0) is 35.5 Å². The van der Waals surface area contributed by atoms with Crippen molar-refractivity contribution in [3.05, 3.63) is 53.3 Å². The van der Waals surface area contributed by atoms with Crippen molar-refractivity contribution in [1.29, 1.82) is 0 Å². The molecule has 0 radical (unpaired) electrons. The summed E-state index contributed by atoms with van der Waals surface area (Å²) in [6, 6.07) is 15.0. The first-order valence-electron chi connectivity index (χ1n) is 12.4. The van der Waals surface area contributed by atoms with Crippen molar-refractivity contribution in [2.24, 2.45) is 4.99 Å². The smallest absolute Gasteiger partial charge is 0.325 e. The highest BCUT2D eigenvalue weighted by Gasteiger charge is 2.27. The van der Waals surface area contributed by atoms with Crippen LogP contribution in [0.2, 0.25) is 0 Å². The van der Waals surface area contributed by atoms with Gasteiger partial charge in [0.25, 0.3) is 5.91 Å². The number of carbonyl (C=O) groups excluding carboxylic acids is 3. The molecule has 0 aliphatic carbocycles. The van der Waals surface area contributed by atoms with E-state index >= 15 is 0 Å². The zero-order valence-corrected chi connectivity index (χ0v) is 23.4. The van der Waals surface area contributed by atoms with Gasteiger partial charge in [-0.25, -0.2) is 8.42 Å². The van der Waals surface area contributed by atoms with Gasteiger partial charge in [-0.1, -0.05) is 29.5 Å². The number of methoxy groups -OCH3 is 1. The zero-order chi connectivity index (χ0) is 28.0. The first-order chi connectivity index (χ1) is 18.7. The fourth-order valence-corrected chi connectivity index (χ4v) is 6.43. The minimum absolute atomic E-state index is 0.146. The van der Waals surface area contributed by atoms with Crippen LogP contribution in [0.3, 0.4) is 0 Å². The fraction of sp³-hybridized carbons (Fsp3) is 0.385. The summed E-state index contributed by atoms with van der Waals surface area (Å²) in [4.78, 5) is 45.2. The maximum atomic E-state index is 12.7. The summed E-state index contributed by atoms with van der Waals surface area (Å²) in [5.74, 6) is -3.10. The highest BCUT2D eigenvalue weighted by Crippen LogP contribution is 2.23. The molecule has 1 fully saturated rings. The van der Waals surface area contributed by atoms with Crippen LogP contribution in [0.1, 0.15) is 6.92 Å². The number of esters is 1. The van der Waals surface area contributed by atoms with Gasteiger partial charge in [0.05, 0.1) is 23.9 Å². The molecule has 1 saturated heterocycles. The maximum absolute atomic E-state index is 12.7. The highest BCUT2D eigenvalue weighted by molar-refractivity contribution is 7.92. The molecule has 2 amide bonds. The molecule has 2 aromatic carbocycles. The van der Waals surface area contributed by atoms with Gasteiger partial charge in [-0.2, -0.15) is 4.99 Å². The summed E-state index contributed by atoms with van der Waals surface area (Å²) in [7, 11) is -2.82. The third-order valence-corrected chi connectivity index (χ3v) is 8.56. The largest absolute Gasteiger partial charge is 0.494 e. The Kier molecular flexibility index (Phi) is 9.02. The number of aromatic nitrogens is 1. The van der Waals surface area contributed by atoms with Crippen molar-refractivity contribution in [3.8, 4) is 5.75 Å². The van der Waals surface area contributed by atoms with Crippen molar-refractivity contribution in [3.63, 3.8) is 0 Å². The minimum atomic E-state index is -4.06. The summed E-state index contributed by atoms with van der Waals surface area (Å²) in [5.41, 5.74) is 1.66. The number of rotatable bonds is 9. The summed E-state index contributed by atoms with van der Waals surface area (Å²) in [6.45, 7) is 4.06. The lowest BCUT2D eigenvalue weighted by Crippen LogP contribution is -2.50. The van der Waals surface area contributed by atoms with E-state index in [1.807, 2.05) is 37.3 Å². The number of sulfone groups is 1. The van der Waals surface area contributed by atoms with Crippen LogP contribution in [0, 0.1) is 0 Å². The Labute approximate surface area is 230 Å². The minimum Gasteiger partial charge on any atom is -0.494 e. The Morgan fingerprint density at radius 3 is 2.38 bits per heavy atom. The molecule has 1 aliphatic heterocycles. The number of benzene rings is 2. The molecule has 4 rings (SSSR count). The molecule has 0 bridgehead atoms. The number of nitrogens with zero attached hydrogens (tertiary/aromatic N) is 4. The Morgan fingerprint density at radius 2 is 1.72 bits per heavy atom. The Balaban J connectivity index is 1.45. The lowest BCUT2D eigenvalue weighted by atomic mass is 10.2. The van der Waals surface area contributed by atoms with Gasteiger partial charge in [0, 0.05) is 31.9 Å². The van der Waals surface area contributed by atoms with Gasteiger partial charge in [0.15, 0.2) is 14.6 Å². The van der Waals surface area contributed by atoms with Crippen LogP contribution in [0.15, 0.2) is 53.5 Å². The number of fused-ring (bicyclic) bond motifs is 1. The number of thiazole rings is 1. The molecule has 13 heteroatoms. The first kappa shape index (κ1) is 28.3. The van der Waals surface area contributed by atoms with Gasteiger partial charge >= 0.3 is 5.97 Å². The van der Waals surface area contributed by atoms with E-state index in [0.717, 1.165) is 17.0 Å². The SMILES string of the molecule is CCOc1ccc2c(c1)sc(=NC(=O)CS(=O)(=O)CC(=O)N1CCN(c3ccccc3)CC1)n2CC(=O)OC. The average molecular weight is 575 g/mol. The van der Waals surface area contributed by atoms with Gasteiger partial charge in [-0.15, -0.1) is 0 Å². The molecular weight excluding hydrogens is 544 g/mol. The summed E-state index contributed by atoms with van der Waals surface area (Å²) < 4.78 is 37.9. The Hall–Kier alpha value is -3.71. The molecule has 11 nitrogen and oxygen atoms in total. The molecular formula is C26H30N4O7S2. The van der Waals surface area contributed by atoms with Gasteiger partial charge in [0.1, 0.15) is 23.8 Å². The standard InChI is InChI=1S/C26H30N4O7S2/c1-3-37-20-9-10-21-22(15-20)38-26(30(21)16-25(33)36-2)27-23(31)17-39(34,35)18-24(32)29-13-11-28(12-14-29)19-7-5-4-6-8-19/h4-10,15H,3,11-14,16-18H2,1-2H3. The molecule has 0 atom stereocenters. The van der Waals surface area contributed by atoms with E-state index in [1.165, 1.54) is 16.6 Å². The molecule has 0 unspecified atom stereocenters. The highest BCUT2D eigenvalue weighted by atomic mass is 32.2. The quantitative estimate of drug-likeness (QED) is 0.352. The molecule has 0 spiro atoms. The van der Waals surface area contributed by atoms with Crippen LogP contribution in [0.4, 0.5) is 5.69 Å². The second-order valence-electron chi connectivity index (χ2n) is 8.85. The van der Waals surface area contributed by atoms with Crippen molar-refractivity contribution in [2.75, 3.05) is 56.3 Å². The van der Waals surface area contributed by atoms with Gasteiger partial charge in [-0.05, 0) is 37.3 Å². The second kappa shape index (κ2) is 12.4. The predicted octanol–water partition coefficient (Wildman–Crippen LogP) is 1.47. The van der Waals surface area contributed by atoms with Crippen LogP contribution in [-0.4, -0.2) is 87.1 Å². The number of ether oxygens (including phenoxy) is 2. The topological polar surface area (TPSA) is 128 Å². The predicted molar refractivity (Wildman–Crippen MR) is 147 cm³/mol. The molecule has 0 saturated carbocycles. The molecule has 2 heterocycles. The third-order valence-electron chi connectivity index (χ3n) is 6.14. The van der Waals surface area contributed by atoms with E-state index in [1.54, 1.807) is 18.2 Å². The number of hydrogen-bond acceptors (Lipinski definition) is 9. The number of piperazine rings is 1. The van der Waals surface area contributed by atoms with Crippen LogP contribution in [0.25, 0.3) is 10.2 Å². The van der Waals surface area contributed by atoms with E-state index in [0.29, 0.717) is 48.8 Å². The summed E-state index contributed by atoms with van der Waals surface area (Å²) in [6.07, 6.45) is 0. The number of amides is 2. The normalized spacial score (nSPS) is 14.5. The van der Waals surface area contributed by atoms with E-state index in [2.05, 4.69) is 9.89 Å². The van der Waals surface area contributed by atoms with Crippen LogP contribution < -0.4 is 14.4 Å². The van der Waals surface area contributed by atoms with Crippen molar-refractivity contribution in [2.45, 2.75) is 13.5 Å². The van der Waals surface area contributed by atoms with E-state index in [4.69, 9.17) is 9.47 Å². The Morgan fingerprint density at radius 1 is 1.00 bits per heavy atom. The van der Waals surface area contributed by atoms with E-state index in [-0.39, 0.29) is 11.3 Å². The summed E-state index contributed by atoms with van der Waals surface area (Å²) >= 11 is 1.12. The van der Waals surface area contributed by atoms with Crippen molar-refractivity contribution < 1.29 is 32.3 Å². The lowest BCUT2D eigenvalue weighted by molar-refractivity contribution is -0.141. The van der Waals surface area contributed by atoms with Gasteiger partial charge < -0.3 is 23.8 Å². The zero-order valence-electron chi connectivity index (χ0n) is 21.7. The average Bonchev–Trinajstić information content (AvgIpc) is 3.24. The number of hydrogen-bond donors (Lipinski definition) is 0. The van der Waals surface area contributed by atoms with Crippen LogP contribution in [0.5, 0.6) is 5.75 Å². The van der Waals surface area contributed by atoms with Crippen molar-refractivity contribution in [1.82, 2.24) is 9.47 Å². The summed E-state index contributed by atoms with van der Waals surface area (Å²) in [5, 5.41) is 0. The molecule has 1 aliphatic rings. The molecule has 208 valence electrons. The second-order valence-corrected chi connectivity index (χ2v) is 11.9. The molecule has 3 aromatic rings. The van der Waals surface area contributed by atoms with Crippen molar-refractivity contribution >= 4 is 54.9 Å². The monoisotopic (exact) mass is 574 g/mol. The molecule has 1 aromatic heterocycles. The van der Waals surface area contributed by atoms with Crippen LogP contribution >= 0.6 is 11.3 Å². The number of anilines is 1. The first-order valence-corrected chi connectivity index (χ1v) is 15.0. The fourth-order valence-electron chi connectivity index (χ4n) is 4.25. The maximum Gasteiger partial charge on any atom is 0.325 e. The lowest BCUT2D eigenvalue weighted by Gasteiger charge is -2.36. The molecule has 39 heavy (non-hydrogen) atoms. The number of carbonyl (C=O) groups is 3. The van der Waals surface area contributed by atoms with E-state index in [9.17, 15) is 22.8 Å². The Bertz CT molecular complexity index is 1520. The third kappa shape index (κ3) is 7.24. The number of para-hydroxylation sites is 1.